The van der Waals surface area contributed by atoms with Crippen LogP contribution >= 0.6 is 0 Å². The Morgan fingerprint density at radius 1 is 1.31 bits per heavy atom. The third-order valence-electron chi connectivity index (χ3n) is 5.86. The summed E-state index contributed by atoms with van der Waals surface area (Å²) >= 11 is 0. The number of amides is 1. The molecule has 2 heterocycles. The predicted octanol–water partition coefficient (Wildman–Crippen LogP) is 1.70. The highest BCUT2D eigenvalue weighted by atomic mass is 16.5. The van der Waals surface area contributed by atoms with Gasteiger partial charge in [0.1, 0.15) is 5.75 Å². The quantitative estimate of drug-likeness (QED) is 0.773. The Hall–Kier alpha value is -1.63. The molecule has 2 aliphatic rings. The van der Waals surface area contributed by atoms with Crippen LogP contribution < -0.4 is 15.8 Å². The normalized spacial score (nSPS) is 21.3. The lowest BCUT2D eigenvalue weighted by Gasteiger charge is -2.36. The van der Waals surface area contributed by atoms with E-state index in [4.69, 9.17) is 15.2 Å². The molecular weight excluding hydrogens is 330 g/mol. The van der Waals surface area contributed by atoms with Crippen LogP contribution in [-0.4, -0.2) is 57.3 Å². The molecule has 6 heteroatoms. The van der Waals surface area contributed by atoms with Crippen molar-refractivity contribution in [2.24, 2.45) is 11.1 Å². The number of carbonyl (C=O) groups excluding carboxylic acids is 1. The van der Waals surface area contributed by atoms with Gasteiger partial charge in [0.15, 0.2) is 0 Å². The second kappa shape index (κ2) is 8.84. The van der Waals surface area contributed by atoms with Crippen molar-refractivity contribution in [1.82, 2.24) is 10.2 Å². The molecule has 6 nitrogen and oxygen atoms in total. The van der Waals surface area contributed by atoms with Gasteiger partial charge in [-0.15, -0.1) is 0 Å². The Labute approximate surface area is 156 Å². The number of hydrogen-bond acceptors (Lipinski definition) is 5. The highest BCUT2D eigenvalue weighted by Gasteiger charge is 2.39. The Balaban J connectivity index is 1.75. The molecule has 144 valence electrons. The van der Waals surface area contributed by atoms with Crippen LogP contribution in [0.3, 0.4) is 0 Å². The smallest absolute Gasteiger partial charge is 0.227 e. The van der Waals surface area contributed by atoms with Gasteiger partial charge in [-0.2, -0.15) is 0 Å². The number of benzene rings is 1. The van der Waals surface area contributed by atoms with Crippen LogP contribution in [0.25, 0.3) is 0 Å². The van der Waals surface area contributed by atoms with Crippen LogP contribution in [0, 0.1) is 5.41 Å². The van der Waals surface area contributed by atoms with Crippen molar-refractivity contribution >= 4 is 5.91 Å². The van der Waals surface area contributed by atoms with E-state index in [1.165, 1.54) is 12.8 Å². The molecule has 0 aromatic heterocycles. The summed E-state index contributed by atoms with van der Waals surface area (Å²) in [6, 6.07) is 8.21. The maximum absolute atomic E-state index is 13.0. The molecule has 0 saturated carbocycles. The van der Waals surface area contributed by atoms with E-state index in [0.29, 0.717) is 39.1 Å². The number of nitrogens with zero attached hydrogens (tertiary/aromatic N) is 1. The number of rotatable bonds is 7. The van der Waals surface area contributed by atoms with E-state index in [2.05, 4.69) is 16.3 Å². The number of methoxy groups -OCH3 is 1. The van der Waals surface area contributed by atoms with E-state index in [0.717, 1.165) is 24.4 Å². The van der Waals surface area contributed by atoms with Gasteiger partial charge < -0.3 is 20.5 Å². The lowest BCUT2D eigenvalue weighted by molar-refractivity contribution is -0.136. The summed E-state index contributed by atoms with van der Waals surface area (Å²) < 4.78 is 11.0. The van der Waals surface area contributed by atoms with Crippen LogP contribution in [0.2, 0.25) is 0 Å². The molecule has 0 spiro atoms. The summed E-state index contributed by atoms with van der Waals surface area (Å²) in [5.41, 5.74) is 6.62. The van der Waals surface area contributed by atoms with Crippen LogP contribution in [-0.2, 0) is 9.53 Å². The summed E-state index contributed by atoms with van der Waals surface area (Å²) in [6.07, 6.45) is 3.78. The molecule has 2 saturated heterocycles. The fourth-order valence-corrected chi connectivity index (χ4v) is 4.09. The van der Waals surface area contributed by atoms with Gasteiger partial charge in [0, 0.05) is 31.9 Å². The largest absolute Gasteiger partial charge is 0.496 e. The second-order valence-corrected chi connectivity index (χ2v) is 7.31. The average molecular weight is 361 g/mol. The van der Waals surface area contributed by atoms with Crippen molar-refractivity contribution in [3.63, 3.8) is 0 Å². The summed E-state index contributed by atoms with van der Waals surface area (Å²) in [6.45, 7) is 4.25. The highest BCUT2D eigenvalue weighted by molar-refractivity contribution is 5.83. The van der Waals surface area contributed by atoms with E-state index in [-0.39, 0.29) is 11.9 Å². The minimum atomic E-state index is -0.491. The minimum absolute atomic E-state index is 0.0578. The molecule has 1 amide bonds. The molecular formula is C20H31N3O3. The molecule has 1 unspecified atom stereocenters. The van der Waals surface area contributed by atoms with Gasteiger partial charge in [-0.05, 0) is 44.8 Å². The number of para-hydroxylation sites is 1. The maximum atomic E-state index is 13.0. The molecule has 0 radical (unpaired) electrons. The minimum Gasteiger partial charge on any atom is -0.496 e. The fraction of sp³-hybridized carbons (Fsp3) is 0.650. The van der Waals surface area contributed by atoms with Crippen molar-refractivity contribution in [3.05, 3.63) is 29.8 Å². The standard InChI is InChI=1S/C20H31N3O3/c1-25-18-7-3-2-6-16(18)17(23-10-4-5-11-23)14-22-19(24)20(15-21)8-12-26-13-9-20/h2-3,6-7,17H,4-5,8-15,21H2,1H3,(H,22,24). The molecule has 0 aliphatic carbocycles. The zero-order valence-electron chi connectivity index (χ0n) is 15.7. The Morgan fingerprint density at radius 2 is 2.00 bits per heavy atom. The lowest BCUT2D eigenvalue weighted by atomic mass is 9.79. The Morgan fingerprint density at radius 3 is 2.65 bits per heavy atom. The molecule has 1 atom stereocenters. The van der Waals surface area contributed by atoms with Crippen molar-refractivity contribution in [2.45, 2.75) is 31.7 Å². The van der Waals surface area contributed by atoms with Gasteiger partial charge in [-0.1, -0.05) is 18.2 Å². The molecule has 3 rings (SSSR count). The van der Waals surface area contributed by atoms with Crippen molar-refractivity contribution in [1.29, 1.82) is 0 Å². The number of nitrogens with two attached hydrogens (primary N) is 1. The first-order valence-electron chi connectivity index (χ1n) is 9.63. The zero-order chi connectivity index (χ0) is 18.4. The number of nitrogens with one attached hydrogen (secondary N) is 1. The van der Waals surface area contributed by atoms with Gasteiger partial charge in [0.25, 0.3) is 0 Å². The van der Waals surface area contributed by atoms with E-state index in [9.17, 15) is 4.79 Å². The van der Waals surface area contributed by atoms with Crippen LogP contribution in [0.1, 0.15) is 37.3 Å². The third kappa shape index (κ3) is 4.03. The molecule has 2 fully saturated rings. The van der Waals surface area contributed by atoms with Gasteiger partial charge >= 0.3 is 0 Å². The number of likely N-dealkylation sites (tertiary alicyclic amines) is 1. The van der Waals surface area contributed by atoms with Crippen molar-refractivity contribution in [3.8, 4) is 5.75 Å². The Kier molecular flexibility index (Phi) is 6.51. The molecule has 26 heavy (non-hydrogen) atoms. The fourth-order valence-electron chi connectivity index (χ4n) is 4.09. The van der Waals surface area contributed by atoms with Gasteiger partial charge in [0.05, 0.1) is 18.6 Å². The third-order valence-corrected chi connectivity index (χ3v) is 5.86. The van der Waals surface area contributed by atoms with Gasteiger partial charge in [0.2, 0.25) is 5.91 Å². The van der Waals surface area contributed by atoms with Crippen LogP contribution in [0.4, 0.5) is 0 Å². The molecule has 0 bridgehead atoms. The first-order valence-corrected chi connectivity index (χ1v) is 9.63. The summed E-state index contributed by atoms with van der Waals surface area (Å²) in [7, 11) is 1.70. The zero-order valence-corrected chi connectivity index (χ0v) is 15.7. The van der Waals surface area contributed by atoms with E-state index >= 15 is 0 Å². The lowest BCUT2D eigenvalue weighted by Crippen LogP contribution is -2.50. The van der Waals surface area contributed by atoms with Gasteiger partial charge in [-0.3, -0.25) is 9.69 Å². The first-order chi connectivity index (χ1) is 12.7. The molecule has 3 N–H and O–H groups in total. The van der Waals surface area contributed by atoms with E-state index in [1.54, 1.807) is 7.11 Å². The summed E-state index contributed by atoms with van der Waals surface area (Å²) in [5.74, 6) is 0.931. The van der Waals surface area contributed by atoms with Crippen LogP contribution in [0.15, 0.2) is 24.3 Å². The second-order valence-electron chi connectivity index (χ2n) is 7.31. The summed E-state index contributed by atoms with van der Waals surface area (Å²) in [4.78, 5) is 15.4. The van der Waals surface area contributed by atoms with E-state index in [1.807, 2.05) is 18.2 Å². The van der Waals surface area contributed by atoms with Crippen molar-refractivity contribution < 1.29 is 14.3 Å². The SMILES string of the molecule is COc1ccccc1C(CNC(=O)C1(CN)CCOCC1)N1CCCC1. The van der Waals surface area contributed by atoms with Crippen molar-refractivity contribution in [2.75, 3.05) is 46.5 Å². The highest BCUT2D eigenvalue weighted by Crippen LogP contribution is 2.33. The monoisotopic (exact) mass is 361 g/mol. The molecule has 1 aromatic rings. The summed E-state index contributed by atoms with van der Waals surface area (Å²) in [5, 5.41) is 3.20. The topological polar surface area (TPSA) is 76.8 Å². The number of carbonyl (C=O) groups is 1. The molecule has 1 aromatic carbocycles. The van der Waals surface area contributed by atoms with E-state index < -0.39 is 5.41 Å². The average Bonchev–Trinajstić information content (AvgIpc) is 3.23. The Bertz CT molecular complexity index is 596. The maximum Gasteiger partial charge on any atom is 0.227 e. The van der Waals surface area contributed by atoms with Crippen LogP contribution in [0.5, 0.6) is 5.75 Å². The molecule has 2 aliphatic heterocycles. The number of ether oxygens (including phenoxy) is 2. The first kappa shape index (κ1) is 19.1. The predicted molar refractivity (Wildman–Crippen MR) is 101 cm³/mol. The van der Waals surface area contributed by atoms with Gasteiger partial charge in [-0.25, -0.2) is 0 Å². The number of hydrogen-bond donors (Lipinski definition) is 2.